The molecule has 0 bridgehead atoms. The van der Waals surface area contributed by atoms with Gasteiger partial charge in [-0.25, -0.2) is 4.98 Å². The van der Waals surface area contributed by atoms with Gasteiger partial charge in [-0.1, -0.05) is 71.4 Å². The first kappa shape index (κ1) is 22.7. The highest BCUT2D eigenvalue weighted by Gasteiger charge is 2.22. The van der Waals surface area contributed by atoms with Gasteiger partial charge in [0, 0.05) is 22.0 Å². The Bertz CT molecular complexity index is 1160. The third-order valence-corrected chi connectivity index (χ3v) is 6.59. The third kappa shape index (κ3) is 5.85. The van der Waals surface area contributed by atoms with Crippen LogP contribution in [0.2, 0.25) is 10.0 Å². The normalized spacial score (nSPS) is 13.1. The highest BCUT2D eigenvalue weighted by Crippen LogP contribution is 2.27. The maximum atomic E-state index is 12.7. The molecule has 1 amide bonds. The zero-order valence-corrected chi connectivity index (χ0v) is 19.8. The number of carbonyl (C=O) groups is 1. The second kappa shape index (κ2) is 10.4. The van der Waals surface area contributed by atoms with Crippen LogP contribution in [0.25, 0.3) is 11.1 Å². The number of para-hydroxylation sites is 2. The number of oxazole rings is 1. The predicted molar refractivity (Wildman–Crippen MR) is 132 cm³/mol. The average molecular weight is 485 g/mol. The molecule has 0 aliphatic rings. The van der Waals surface area contributed by atoms with Gasteiger partial charge in [0.05, 0.1) is 5.75 Å². The van der Waals surface area contributed by atoms with Gasteiger partial charge in [0.1, 0.15) is 5.52 Å². The van der Waals surface area contributed by atoms with E-state index in [2.05, 4.69) is 10.3 Å². The molecule has 164 valence electrons. The molecule has 0 aliphatic heterocycles. The molecule has 0 radical (unpaired) electrons. The molecule has 4 nitrogen and oxygen atoms in total. The van der Waals surface area contributed by atoms with Gasteiger partial charge in [0.2, 0.25) is 5.91 Å². The number of hydrogen-bond acceptors (Lipinski definition) is 4. The Morgan fingerprint density at radius 1 is 1.00 bits per heavy atom. The number of rotatable bonds is 8. The average Bonchev–Trinajstić information content (AvgIpc) is 3.21. The maximum absolute atomic E-state index is 12.7. The molecular formula is C25H22Cl2N2O2S. The van der Waals surface area contributed by atoms with E-state index in [4.69, 9.17) is 27.6 Å². The van der Waals surface area contributed by atoms with Crippen molar-refractivity contribution in [1.29, 1.82) is 0 Å². The quantitative estimate of drug-likeness (QED) is 0.280. The van der Waals surface area contributed by atoms with Crippen LogP contribution in [0.15, 0.2) is 82.4 Å². The Hall–Kier alpha value is -2.47. The highest BCUT2D eigenvalue weighted by atomic mass is 35.5. The molecule has 1 aromatic heterocycles. The van der Waals surface area contributed by atoms with Gasteiger partial charge in [-0.3, -0.25) is 4.79 Å². The number of nitrogens with one attached hydrogen (secondary N) is 1. The van der Waals surface area contributed by atoms with Gasteiger partial charge in [-0.15, -0.1) is 0 Å². The van der Waals surface area contributed by atoms with Crippen LogP contribution in [0.4, 0.5) is 0 Å². The molecule has 0 aliphatic carbocycles. The van der Waals surface area contributed by atoms with Crippen molar-refractivity contribution in [2.75, 3.05) is 5.75 Å². The van der Waals surface area contributed by atoms with Crippen LogP contribution < -0.4 is 5.32 Å². The lowest BCUT2D eigenvalue weighted by molar-refractivity contribution is -0.119. The van der Waals surface area contributed by atoms with E-state index >= 15 is 0 Å². The summed E-state index contributed by atoms with van der Waals surface area (Å²) in [7, 11) is 0. The minimum absolute atomic E-state index is 0.0696. The summed E-state index contributed by atoms with van der Waals surface area (Å²) >= 11 is 13.4. The van der Waals surface area contributed by atoms with Crippen molar-refractivity contribution < 1.29 is 9.21 Å². The van der Waals surface area contributed by atoms with Crippen molar-refractivity contribution in [2.45, 2.75) is 30.5 Å². The van der Waals surface area contributed by atoms with Crippen molar-refractivity contribution in [2.24, 2.45) is 0 Å². The van der Waals surface area contributed by atoms with Gasteiger partial charge in [-0.2, -0.15) is 0 Å². The first-order chi connectivity index (χ1) is 15.5. The summed E-state index contributed by atoms with van der Waals surface area (Å²) in [6.07, 6.45) is 0.762. The van der Waals surface area contributed by atoms with E-state index in [1.807, 2.05) is 79.7 Å². The van der Waals surface area contributed by atoms with Crippen molar-refractivity contribution in [3.05, 3.63) is 94.0 Å². The molecule has 2 atom stereocenters. The molecule has 0 saturated carbocycles. The van der Waals surface area contributed by atoms with E-state index in [0.717, 1.165) is 28.6 Å². The summed E-state index contributed by atoms with van der Waals surface area (Å²) in [6, 6.07) is 23.0. The van der Waals surface area contributed by atoms with Crippen LogP contribution in [-0.2, 0) is 11.2 Å². The fourth-order valence-electron chi connectivity index (χ4n) is 3.60. The lowest BCUT2D eigenvalue weighted by Crippen LogP contribution is -2.38. The Kier molecular flexibility index (Phi) is 7.40. The van der Waals surface area contributed by atoms with Gasteiger partial charge < -0.3 is 9.73 Å². The molecule has 32 heavy (non-hydrogen) atoms. The van der Waals surface area contributed by atoms with Crippen LogP contribution in [0.1, 0.15) is 24.0 Å². The van der Waals surface area contributed by atoms with E-state index in [9.17, 15) is 4.79 Å². The Labute approximate surface area is 201 Å². The maximum Gasteiger partial charge on any atom is 0.257 e. The van der Waals surface area contributed by atoms with E-state index in [-0.39, 0.29) is 23.6 Å². The van der Waals surface area contributed by atoms with E-state index < -0.39 is 0 Å². The van der Waals surface area contributed by atoms with Crippen LogP contribution in [0.5, 0.6) is 0 Å². The molecule has 0 fully saturated rings. The molecule has 0 spiro atoms. The number of fused-ring (bicyclic) bond motifs is 1. The van der Waals surface area contributed by atoms with Crippen molar-refractivity contribution in [3.8, 4) is 0 Å². The largest absolute Gasteiger partial charge is 0.431 e. The van der Waals surface area contributed by atoms with Crippen molar-refractivity contribution >= 4 is 52.0 Å². The Morgan fingerprint density at radius 2 is 1.66 bits per heavy atom. The minimum Gasteiger partial charge on any atom is -0.431 e. The summed E-state index contributed by atoms with van der Waals surface area (Å²) in [5.41, 5.74) is 3.77. The monoisotopic (exact) mass is 484 g/mol. The second-order valence-corrected chi connectivity index (χ2v) is 9.38. The highest BCUT2D eigenvalue weighted by molar-refractivity contribution is 7.99. The smallest absolute Gasteiger partial charge is 0.257 e. The molecule has 4 aromatic rings. The summed E-state index contributed by atoms with van der Waals surface area (Å²) in [5.74, 6) is 0.234. The fraction of sp³-hybridized carbons (Fsp3) is 0.200. The molecular weight excluding hydrogens is 463 g/mol. The summed E-state index contributed by atoms with van der Waals surface area (Å²) in [5, 5.41) is 5.02. The minimum atomic E-state index is -0.0939. The number of nitrogens with zero attached hydrogens (tertiary/aromatic N) is 1. The van der Waals surface area contributed by atoms with Gasteiger partial charge in [0.25, 0.3) is 5.22 Å². The summed E-state index contributed by atoms with van der Waals surface area (Å²) < 4.78 is 5.69. The van der Waals surface area contributed by atoms with Crippen LogP contribution in [0, 0.1) is 0 Å². The van der Waals surface area contributed by atoms with Crippen LogP contribution in [0.3, 0.4) is 0 Å². The lowest BCUT2D eigenvalue weighted by atomic mass is 9.86. The number of aromatic nitrogens is 1. The fourth-order valence-corrected chi connectivity index (χ4v) is 4.51. The number of amides is 1. The number of halogens is 2. The standard InChI is InChI=1S/C25H22Cl2N2O2S/c1-16(28-24(30)15-32-25-29-22-4-2-3-5-23(22)31-25)21(18-8-12-20(27)13-9-18)14-17-6-10-19(26)11-7-17/h2-13,16,21H,14-15H2,1H3,(H,28,30)/t16-,21+/m1/s1. The first-order valence-electron chi connectivity index (χ1n) is 10.3. The molecule has 7 heteroatoms. The molecule has 0 saturated heterocycles. The second-order valence-electron chi connectivity index (χ2n) is 7.58. The first-order valence-corrected chi connectivity index (χ1v) is 12.0. The van der Waals surface area contributed by atoms with E-state index in [0.29, 0.717) is 15.3 Å². The number of thioether (sulfide) groups is 1. The van der Waals surface area contributed by atoms with Crippen molar-refractivity contribution in [3.63, 3.8) is 0 Å². The molecule has 0 unspecified atom stereocenters. The van der Waals surface area contributed by atoms with Crippen molar-refractivity contribution in [1.82, 2.24) is 10.3 Å². The van der Waals surface area contributed by atoms with Gasteiger partial charge in [0.15, 0.2) is 5.58 Å². The number of hydrogen-bond donors (Lipinski definition) is 1. The molecule has 4 rings (SSSR count). The Balaban J connectivity index is 1.43. The molecule has 3 aromatic carbocycles. The molecule has 1 heterocycles. The zero-order valence-electron chi connectivity index (χ0n) is 17.4. The van der Waals surface area contributed by atoms with Crippen LogP contribution >= 0.6 is 35.0 Å². The SMILES string of the molecule is C[C@@H](NC(=O)CSc1nc2ccccc2o1)[C@H](Cc1ccc(Cl)cc1)c1ccc(Cl)cc1. The van der Waals surface area contributed by atoms with E-state index in [1.54, 1.807) is 0 Å². The van der Waals surface area contributed by atoms with Crippen LogP contribution in [-0.4, -0.2) is 22.7 Å². The zero-order chi connectivity index (χ0) is 22.5. The lowest BCUT2D eigenvalue weighted by Gasteiger charge is -2.26. The summed E-state index contributed by atoms with van der Waals surface area (Å²) in [4.78, 5) is 17.1. The summed E-state index contributed by atoms with van der Waals surface area (Å²) in [6.45, 7) is 2.02. The van der Waals surface area contributed by atoms with Gasteiger partial charge in [-0.05, 0) is 60.9 Å². The topological polar surface area (TPSA) is 55.1 Å². The molecule has 1 N–H and O–H groups in total. The van der Waals surface area contributed by atoms with Gasteiger partial charge >= 0.3 is 0 Å². The number of carbonyl (C=O) groups excluding carboxylic acids is 1. The third-order valence-electron chi connectivity index (χ3n) is 5.26. The number of benzene rings is 3. The Morgan fingerprint density at radius 3 is 2.34 bits per heavy atom. The van der Waals surface area contributed by atoms with E-state index in [1.165, 1.54) is 11.8 Å². The predicted octanol–water partition coefficient (Wildman–Crippen LogP) is 6.76.